The highest BCUT2D eigenvalue weighted by Crippen LogP contribution is 2.29. The fraction of sp³-hybridized carbons (Fsp3) is 0.538. The van der Waals surface area contributed by atoms with Crippen molar-refractivity contribution in [1.29, 1.82) is 0 Å². The molecule has 0 heterocycles. The van der Waals surface area contributed by atoms with Crippen molar-refractivity contribution in [1.82, 2.24) is 0 Å². The largest absolute Gasteiger partial charge is 0.504 e. The minimum absolute atomic E-state index is 0. The molecule has 4 heteroatoms. The second-order valence-corrected chi connectivity index (χ2v) is 4.03. The van der Waals surface area contributed by atoms with Crippen LogP contribution in [-0.4, -0.2) is 12.2 Å². The first kappa shape index (κ1) is 16.1. The lowest BCUT2D eigenvalue weighted by Crippen LogP contribution is -2.10. The number of methoxy groups -OCH3 is 1. The smallest absolute Gasteiger partial charge is 0.160 e. The number of unbranched alkanes of at least 4 members (excludes halogenated alkanes) is 2. The highest BCUT2D eigenvalue weighted by Gasteiger charge is 2.09. The predicted molar refractivity (Wildman–Crippen MR) is 73.0 cm³/mol. The fourth-order valence-corrected chi connectivity index (χ4v) is 1.71. The Morgan fingerprint density at radius 1 is 1.35 bits per heavy atom. The normalized spacial score (nSPS) is 11.7. The van der Waals surface area contributed by atoms with Crippen molar-refractivity contribution in [2.75, 3.05) is 7.11 Å². The van der Waals surface area contributed by atoms with Gasteiger partial charge in [-0.15, -0.1) is 12.4 Å². The van der Waals surface area contributed by atoms with Crippen LogP contribution in [0.15, 0.2) is 18.2 Å². The number of phenols is 1. The Morgan fingerprint density at radius 3 is 2.65 bits per heavy atom. The summed E-state index contributed by atoms with van der Waals surface area (Å²) in [4.78, 5) is 0. The monoisotopic (exact) mass is 259 g/mol. The maximum absolute atomic E-state index is 9.47. The molecule has 0 aliphatic carbocycles. The van der Waals surface area contributed by atoms with E-state index in [2.05, 4.69) is 6.92 Å². The fourth-order valence-electron chi connectivity index (χ4n) is 1.71. The van der Waals surface area contributed by atoms with Crippen LogP contribution < -0.4 is 10.5 Å². The molecule has 0 aromatic heterocycles. The van der Waals surface area contributed by atoms with Crippen LogP contribution >= 0.6 is 12.4 Å². The van der Waals surface area contributed by atoms with Gasteiger partial charge in [-0.2, -0.15) is 0 Å². The Hall–Kier alpha value is -0.930. The Morgan fingerprint density at radius 2 is 2.06 bits per heavy atom. The maximum atomic E-state index is 9.47. The van der Waals surface area contributed by atoms with Crippen LogP contribution in [0, 0.1) is 0 Å². The Bertz CT molecular complexity index is 331. The molecule has 1 aromatic carbocycles. The number of benzene rings is 1. The van der Waals surface area contributed by atoms with Crippen LogP contribution in [0.4, 0.5) is 0 Å². The molecule has 0 amide bonds. The number of phenolic OH excluding ortho intramolecular Hbond substituents is 1. The van der Waals surface area contributed by atoms with Crippen LogP contribution in [0.5, 0.6) is 11.5 Å². The summed E-state index contributed by atoms with van der Waals surface area (Å²) in [5.41, 5.74) is 7.09. The SMILES string of the molecule is CCCCC[C@@H](N)c1ccc(O)c(OC)c1.Cl. The van der Waals surface area contributed by atoms with Gasteiger partial charge in [-0.25, -0.2) is 0 Å². The molecule has 3 N–H and O–H groups in total. The third kappa shape index (κ3) is 4.84. The van der Waals surface area contributed by atoms with Gasteiger partial charge in [0.15, 0.2) is 11.5 Å². The van der Waals surface area contributed by atoms with Gasteiger partial charge in [0.25, 0.3) is 0 Å². The number of hydrogen-bond donors (Lipinski definition) is 2. The van der Waals surface area contributed by atoms with E-state index in [4.69, 9.17) is 10.5 Å². The minimum atomic E-state index is 0. The van der Waals surface area contributed by atoms with Crippen molar-refractivity contribution in [3.8, 4) is 11.5 Å². The molecule has 98 valence electrons. The van der Waals surface area contributed by atoms with Gasteiger partial charge in [-0.05, 0) is 24.1 Å². The molecule has 1 rings (SSSR count). The van der Waals surface area contributed by atoms with E-state index in [1.54, 1.807) is 13.2 Å². The Balaban J connectivity index is 0.00000256. The van der Waals surface area contributed by atoms with Gasteiger partial charge in [-0.1, -0.05) is 32.3 Å². The van der Waals surface area contributed by atoms with E-state index >= 15 is 0 Å². The molecule has 0 saturated heterocycles. The molecule has 0 bridgehead atoms. The van der Waals surface area contributed by atoms with Crippen LogP contribution in [0.3, 0.4) is 0 Å². The number of hydrogen-bond acceptors (Lipinski definition) is 3. The quantitative estimate of drug-likeness (QED) is 0.770. The number of ether oxygens (including phenoxy) is 1. The van der Waals surface area contributed by atoms with E-state index < -0.39 is 0 Å². The average molecular weight is 260 g/mol. The summed E-state index contributed by atoms with van der Waals surface area (Å²) in [6.45, 7) is 2.18. The van der Waals surface area contributed by atoms with Gasteiger partial charge in [0.2, 0.25) is 0 Å². The minimum Gasteiger partial charge on any atom is -0.504 e. The first-order valence-corrected chi connectivity index (χ1v) is 5.81. The van der Waals surface area contributed by atoms with E-state index in [9.17, 15) is 5.11 Å². The first-order valence-electron chi connectivity index (χ1n) is 5.81. The lowest BCUT2D eigenvalue weighted by Gasteiger charge is -2.13. The van der Waals surface area contributed by atoms with Crippen LogP contribution in [-0.2, 0) is 0 Å². The van der Waals surface area contributed by atoms with Gasteiger partial charge in [0, 0.05) is 6.04 Å². The van der Waals surface area contributed by atoms with E-state index in [1.807, 2.05) is 12.1 Å². The molecule has 0 saturated carbocycles. The van der Waals surface area contributed by atoms with Gasteiger partial charge in [-0.3, -0.25) is 0 Å². The molecule has 3 nitrogen and oxygen atoms in total. The summed E-state index contributed by atoms with van der Waals surface area (Å²) in [5, 5.41) is 9.47. The third-order valence-electron chi connectivity index (χ3n) is 2.75. The summed E-state index contributed by atoms with van der Waals surface area (Å²) in [6, 6.07) is 5.33. The van der Waals surface area contributed by atoms with Crippen LogP contribution in [0.25, 0.3) is 0 Å². The van der Waals surface area contributed by atoms with Crippen molar-refractivity contribution < 1.29 is 9.84 Å². The van der Waals surface area contributed by atoms with Crippen LogP contribution in [0.1, 0.15) is 44.2 Å². The molecule has 0 radical (unpaired) electrons. The molecule has 0 spiro atoms. The summed E-state index contributed by atoms with van der Waals surface area (Å²) in [6.07, 6.45) is 4.52. The second kappa shape index (κ2) is 8.20. The highest BCUT2D eigenvalue weighted by molar-refractivity contribution is 5.85. The highest BCUT2D eigenvalue weighted by atomic mass is 35.5. The van der Waals surface area contributed by atoms with Crippen molar-refractivity contribution >= 4 is 12.4 Å². The molecule has 1 aromatic rings. The summed E-state index contributed by atoms with van der Waals surface area (Å²) < 4.78 is 5.06. The third-order valence-corrected chi connectivity index (χ3v) is 2.75. The first-order chi connectivity index (χ1) is 7.69. The van der Waals surface area contributed by atoms with Gasteiger partial charge < -0.3 is 15.6 Å². The lowest BCUT2D eigenvalue weighted by molar-refractivity contribution is 0.372. The zero-order chi connectivity index (χ0) is 12.0. The molecule has 1 atom stereocenters. The van der Waals surface area contributed by atoms with E-state index in [-0.39, 0.29) is 24.2 Å². The number of rotatable bonds is 6. The standard InChI is InChI=1S/C13H21NO2.ClH/c1-3-4-5-6-11(14)10-7-8-12(15)13(9-10)16-2;/h7-9,11,15H,3-6,14H2,1-2H3;1H/t11-;/m1./s1. The van der Waals surface area contributed by atoms with Crippen molar-refractivity contribution in [2.45, 2.75) is 38.6 Å². The van der Waals surface area contributed by atoms with E-state index in [1.165, 1.54) is 12.8 Å². The molecular formula is C13H22ClNO2. The molecule has 0 unspecified atom stereocenters. The Kier molecular flexibility index (Phi) is 7.75. The van der Waals surface area contributed by atoms with Crippen molar-refractivity contribution in [3.63, 3.8) is 0 Å². The predicted octanol–water partition coefficient (Wildman–Crippen LogP) is 3.40. The lowest BCUT2D eigenvalue weighted by atomic mass is 10.0. The molecule has 0 aliphatic heterocycles. The second-order valence-electron chi connectivity index (χ2n) is 4.03. The van der Waals surface area contributed by atoms with E-state index in [0.717, 1.165) is 18.4 Å². The average Bonchev–Trinajstić information content (AvgIpc) is 2.30. The number of nitrogens with two attached hydrogens (primary N) is 1. The number of halogens is 1. The molecule has 17 heavy (non-hydrogen) atoms. The van der Waals surface area contributed by atoms with Crippen molar-refractivity contribution in [3.05, 3.63) is 23.8 Å². The summed E-state index contributed by atoms with van der Waals surface area (Å²) in [7, 11) is 1.54. The topological polar surface area (TPSA) is 55.5 Å². The van der Waals surface area contributed by atoms with E-state index in [0.29, 0.717) is 5.75 Å². The number of aromatic hydroxyl groups is 1. The van der Waals surface area contributed by atoms with Crippen molar-refractivity contribution in [2.24, 2.45) is 5.73 Å². The summed E-state index contributed by atoms with van der Waals surface area (Å²) >= 11 is 0. The summed E-state index contributed by atoms with van der Waals surface area (Å²) in [5.74, 6) is 0.649. The molecular weight excluding hydrogens is 238 g/mol. The molecule has 0 fully saturated rings. The zero-order valence-electron chi connectivity index (χ0n) is 10.5. The van der Waals surface area contributed by atoms with Crippen LogP contribution in [0.2, 0.25) is 0 Å². The maximum Gasteiger partial charge on any atom is 0.160 e. The van der Waals surface area contributed by atoms with Gasteiger partial charge in [0.1, 0.15) is 0 Å². The zero-order valence-corrected chi connectivity index (χ0v) is 11.3. The van der Waals surface area contributed by atoms with Gasteiger partial charge >= 0.3 is 0 Å². The Labute approximate surface area is 109 Å². The van der Waals surface area contributed by atoms with Gasteiger partial charge in [0.05, 0.1) is 7.11 Å². The molecule has 0 aliphatic rings.